The molecule has 4 aliphatic rings. The molecule has 0 spiro atoms. The maximum Gasteiger partial charge on any atom is 0.410 e. The molecule has 49 heavy (non-hydrogen) atoms. The van der Waals surface area contributed by atoms with Gasteiger partial charge in [0.1, 0.15) is 5.60 Å². The Kier molecular flexibility index (Phi) is 11.9. The molecule has 11 heteroatoms. The highest BCUT2D eigenvalue weighted by molar-refractivity contribution is 9.10. The van der Waals surface area contributed by atoms with Gasteiger partial charge in [-0.2, -0.15) is 0 Å². The van der Waals surface area contributed by atoms with Crippen LogP contribution in [0.25, 0.3) is 0 Å². The average Bonchev–Trinajstić information content (AvgIpc) is 3.23. The number of piperidine rings is 2. The number of ether oxygens (including phenoxy) is 2. The van der Waals surface area contributed by atoms with Gasteiger partial charge >= 0.3 is 6.09 Å². The first-order valence-corrected chi connectivity index (χ1v) is 19.3. The van der Waals surface area contributed by atoms with Gasteiger partial charge in [0.25, 0.3) is 0 Å². The number of pyridine rings is 1. The Morgan fingerprint density at radius 1 is 0.959 bits per heavy atom. The molecule has 3 saturated heterocycles. The molecule has 0 radical (unpaired) electrons. The lowest BCUT2D eigenvalue weighted by atomic mass is 9.92. The Bertz CT molecular complexity index is 1420. The minimum Gasteiger partial charge on any atom is -0.444 e. The lowest BCUT2D eigenvalue weighted by molar-refractivity contribution is -0.138. The Morgan fingerprint density at radius 3 is 2.41 bits per heavy atom. The summed E-state index contributed by atoms with van der Waals surface area (Å²) in [4.78, 5) is 40.5. The molecule has 9 nitrogen and oxygen atoms in total. The van der Waals surface area contributed by atoms with Crippen LogP contribution in [0, 0.1) is 5.92 Å². The van der Waals surface area contributed by atoms with Crippen LogP contribution in [0.2, 0.25) is 5.02 Å². The minimum absolute atomic E-state index is 0.124. The number of likely N-dealkylation sites (tertiary alicyclic amines) is 2. The summed E-state index contributed by atoms with van der Waals surface area (Å²) in [5.74, 6) is 0.540. The van der Waals surface area contributed by atoms with Crippen molar-refractivity contribution in [1.29, 1.82) is 0 Å². The van der Waals surface area contributed by atoms with Crippen LogP contribution in [0.3, 0.4) is 0 Å². The number of aryl methyl sites for hydroxylation is 2. The quantitative estimate of drug-likeness (QED) is 0.310. The first kappa shape index (κ1) is 36.5. The Morgan fingerprint density at radius 2 is 1.69 bits per heavy atom. The van der Waals surface area contributed by atoms with Gasteiger partial charge in [0.15, 0.2) is 0 Å². The summed E-state index contributed by atoms with van der Waals surface area (Å²) in [7, 11) is 1.74. The smallest absolute Gasteiger partial charge is 0.410 e. The van der Waals surface area contributed by atoms with Crippen molar-refractivity contribution in [1.82, 2.24) is 24.6 Å². The molecule has 4 heterocycles. The van der Waals surface area contributed by atoms with Crippen molar-refractivity contribution in [2.75, 3.05) is 59.5 Å². The van der Waals surface area contributed by atoms with Crippen LogP contribution in [0.4, 0.5) is 4.79 Å². The van der Waals surface area contributed by atoms with E-state index in [2.05, 4.69) is 48.8 Å². The first-order valence-electron chi connectivity index (χ1n) is 18.2. The molecular formula is C38H53BrClN5O4. The summed E-state index contributed by atoms with van der Waals surface area (Å²) in [5.41, 5.74) is 4.63. The number of carbonyl (C=O) groups is 2. The van der Waals surface area contributed by atoms with Crippen LogP contribution >= 0.6 is 27.5 Å². The Labute approximate surface area is 305 Å². The van der Waals surface area contributed by atoms with E-state index < -0.39 is 5.60 Å². The molecule has 1 aromatic heterocycles. The van der Waals surface area contributed by atoms with Crippen molar-refractivity contribution in [2.45, 2.75) is 95.9 Å². The fraction of sp³-hybridized carbons (Fsp3) is 0.658. The Balaban J connectivity index is 1.06. The summed E-state index contributed by atoms with van der Waals surface area (Å²) in [5, 5.41) is 0.792. The third-order valence-corrected chi connectivity index (χ3v) is 11.6. The van der Waals surface area contributed by atoms with E-state index in [-0.39, 0.29) is 24.1 Å². The fourth-order valence-electron chi connectivity index (χ4n) is 8.34. The molecular weight excluding hydrogens is 706 g/mol. The molecule has 1 aromatic carbocycles. The van der Waals surface area contributed by atoms with Crippen molar-refractivity contribution in [3.8, 4) is 0 Å². The monoisotopic (exact) mass is 757 g/mol. The normalized spacial score (nSPS) is 23.1. The summed E-state index contributed by atoms with van der Waals surface area (Å²) in [6.07, 6.45) is 8.84. The van der Waals surface area contributed by atoms with Crippen LogP contribution in [0.15, 0.2) is 34.9 Å². The van der Waals surface area contributed by atoms with Gasteiger partial charge in [-0.15, -0.1) is 0 Å². The van der Waals surface area contributed by atoms with Gasteiger partial charge in [-0.3, -0.25) is 19.6 Å². The van der Waals surface area contributed by atoms with E-state index in [9.17, 15) is 9.59 Å². The molecule has 0 saturated carbocycles. The van der Waals surface area contributed by atoms with Crippen molar-refractivity contribution in [3.63, 3.8) is 0 Å². The average molecular weight is 759 g/mol. The van der Waals surface area contributed by atoms with Gasteiger partial charge in [0.2, 0.25) is 5.91 Å². The largest absolute Gasteiger partial charge is 0.444 e. The molecule has 2 atom stereocenters. The van der Waals surface area contributed by atoms with Gasteiger partial charge in [0.05, 0.1) is 11.7 Å². The van der Waals surface area contributed by atoms with Crippen molar-refractivity contribution in [2.24, 2.45) is 5.92 Å². The third-order valence-electron chi connectivity index (χ3n) is 10.9. The topological polar surface area (TPSA) is 78.5 Å². The van der Waals surface area contributed by atoms with Gasteiger partial charge in [-0.25, -0.2) is 4.79 Å². The lowest BCUT2D eigenvalue weighted by Gasteiger charge is -2.47. The van der Waals surface area contributed by atoms with E-state index in [0.717, 1.165) is 87.2 Å². The summed E-state index contributed by atoms with van der Waals surface area (Å²) in [6.45, 7) is 12.2. The zero-order chi connectivity index (χ0) is 34.7. The van der Waals surface area contributed by atoms with E-state index in [1.807, 2.05) is 33.0 Å². The number of hydrogen-bond acceptors (Lipinski definition) is 7. The second kappa shape index (κ2) is 16.0. The highest BCUT2D eigenvalue weighted by Gasteiger charge is 2.38. The maximum atomic E-state index is 13.8. The molecule has 0 N–H and O–H groups in total. The zero-order valence-corrected chi connectivity index (χ0v) is 32.0. The van der Waals surface area contributed by atoms with Crippen LogP contribution in [-0.4, -0.2) is 114 Å². The van der Waals surface area contributed by atoms with Crippen molar-refractivity contribution < 1.29 is 19.1 Å². The van der Waals surface area contributed by atoms with Gasteiger partial charge in [-0.1, -0.05) is 17.7 Å². The lowest BCUT2D eigenvalue weighted by Crippen LogP contribution is -2.59. The minimum atomic E-state index is -0.502. The number of benzene rings is 1. The van der Waals surface area contributed by atoms with E-state index in [1.165, 1.54) is 22.4 Å². The van der Waals surface area contributed by atoms with Crippen molar-refractivity contribution in [3.05, 3.63) is 62.3 Å². The van der Waals surface area contributed by atoms with Crippen LogP contribution in [0.5, 0.6) is 0 Å². The number of methoxy groups -OCH3 is 1. The molecule has 6 rings (SSSR count). The number of fused-ring (bicyclic) bond motifs is 2. The van der Waals surface area contributed by atoms with Gasteiger partial charge < -0.3 is 19.3 Å². The predicted molar refractivity (Wildman–Crippen MR) is 196 cm³/mol. The third kappa shape index (κ3) is 8.98. The molecule has 268 valence electrons. The summed E-state index contributed by atoms with van der Waals surface area (Å²) >= 11 is 10.1. The summed E-state index contributed by atoms with van der Waals surface area (Å²) in [6, 6.07) is 9.39. The number of aromatic nitrogens is 1. The van der Waals surface area contributed by atoms with Gasteiger partial charge in [0, 0.05) is 93.7 Å². The fourth-order valence-corrected chi connectivity index (χ4v) is 8.92. The number of nitrogens with zero attached hydrogens (tertiary/aromatic N) is 5. The number of hydrogen-bond donors (Lipinski definition) is 0. The van der Waals surface area contributed by atoms with E-state index in [4.69, 9.17) is 26.1 Å². The summed E-state index contributed by atoms with van der Waals surface area (Å²) < 4.78 is 12.1. The van der Waals surface area contributed by atoms with Crippen molar-refractivity contribution >= 4 is 39.5 Å². The number of carbonyl (C=O) groups excluding carboxylic acids is 2. The molecule has 2 amide bonds. The molecule has 0 bridgehead atoms. The van der Waals surface area contributed by atoms with E-state index in [1.54, 1.807) is 12.0 Å². The van der Waals surface area contributed by atoms with Gasteiger partial charge in [-0.05, 0) is 122 Å². The second-order valence-corrected chi connectivity index (χ2v) is 16.7. The number of amides is 2. The highest BCUT2D eigenvalue weighted by Crippen LogP contribution is 2.39. The van der Waals surface area contributed by atoms with E-state index in [0.29, 0.717) is 38.1 Å². The number of piperazine rings is 1. The molecule has 3 aliphatic heterocycles. The molecule has 1 aliphatic carbocycles. The van der Waals surface area contributed by atoms with Crippen LogP contribution in [-0.2, 0) is 27.1 Å². The van der Waals surface area contributed by atoms with E-state index >= 15 is 0 Å². The predicted octanol–water partition coefficient (Wildman–Crippen LogP) is 6.74. The SMILES string of the molecule is COCC[C@H]1CN(C2CCN(C3c4ccc(Cl)cc4CCc4cc(Br)cnc43)CC2)CCN1C(=O)CC1CCN(C(=O)OC(C)(C)C)CC1. The van der Waals surface area contributed by atoms with Crippen LogP contribution in [0.1, 0.15) is 87.7 Å². The molecule has 3 fully saturated rings. The molecule has 2 aromatic rings. The zero-order valence-electron chi connectivity index (χ0n) is 29.6. The highest BCUT2D eigenvalue weighted by atomic mass is 79.9. The standard InChI is InChI=1S/C38H53BrClN5O4/c1-38(2,3)49-37(47)43-14-9-26(10-15-43)21-34(46)45-19-18-44(25-32(45)13-20-48-4)31-11-16-42(17-12-31)36-33-8-7-30(40)23-27(33)5-6-28-22-29(39)24-41-35(28)36/h7-8,22-24,26,31-32,36H,5-6,9-21,25H2,1-4H3/t32-,36?/m0/s1. The second-order valence-electron chi connectivity index (χ2n) is 15.3. The Hall–Kier alpha value is -2.24. The van der Waals surface area contributed by atoms with Crippen LogP contribution < -0.4 is 0 Å². The number of rotatable bonds is 7. The first-order chi connectivity index (χ1) is 23.5. The maximum absolute atomic E-state index is 13.8. The molecule has 1 unspecified atom stereocenters. The number of halogens is 2.